The number of carbonyl (C=O) groups is 2. The van der Waals surface area contributed by atoms with E-state index >= 15 is 0 Å². The Morgan fingerprint density at radius 2 is 0.790 bits per heavy atom. The van der Waals surface area contributed by atoms with E-state index in [9.17, 15) is 9.59 Å². The number of rotatable bonds is 17. The van der Waals surface area contributed by atoms with Gasteiger partial charge in [0.05, 0.1) is 56.9 Å². The van der Waals surface area contributed by atoms with Crippen LogP contribution < -0.4 is 28.4 Å². The molecule has 2 atom stereocenters. The molecule has 0 aliphatic heterocycles. The molecule has 0 radical (unpaired) electrons. The fourth-order valence-corrected chi connectivity index (χ4v) is 10.6. The third-order valence-electron chi connectivity index (χ3n) is 12.7. The van der Waals surface area contributed by atoms with E-state index in [1.165, 1.54) is 42.7 Å². The van der Waals surface area contributed by atoms with Gasteiger partial charge in [-0.3, -0.25) is 0 Å². The first kappa shape index (κ1) is 50.1. The van der Waals surface area contributed by atoms with Gasteiger partial charge in [-0.1, -0.05) is 41.5 Å². The van der Waals surface area contributed by atoms with Gasteiger partial charge in [0.1, 0.15) is 45.6 Å². The molecule has 0 fully saturated rings. The summed E-state index contributed by atoms with van der Waals surface area (Å²) in [6.07, 6.45) is 0.624. The minimum atomic E-state index is -2.16. The third-order valence-corrected chi connectivity index (χ3v) is 21.9. The first-order valence-corrected chi connectivity index (χ1v) is 26.7. The lowest BCUT2D eigenvalue weighted by molar-refractivity contribution is 0.0584. The van der Waals surface area contributed by atoms with Crippen LogP contribution in [0.25, 0.3) is 32.7 Å². The molecule has 342 valence electrons. The van der Waals surface area contributed by atoms with Crippen LogP contribution in [0.1, 0.15) is 87.2 Å². The smallest absolute Gasteiger partial charge is 0.345 e. The van der Waals surface area contributed by atoms with E-state index < -0.39 is 28.6 Å². The van der Waals surface area contributed by atoms with Gasteiger partial charge in [-0.05, 0) is 96.3 Å². The van der Waals surface area contributed by atoms with Gasteiger partial charge in [-0.25, -0.2) is 9.59 Å². The molecule has 4 aromatic rings. The first-order chi connectivity index (χ1) is 28.8. The van der Waals surface area contributed by atoms with Gasteiger partial charge in [-0.2, -0.15) is 0 Å². The second-order valence-corrected chi connectivity index (χ2v) is 28.3. The topological polar surface area (TPSA) is 126 Å². The first-order valence-electron chi connectivity index (χ1n) is 20.9. The van der Waals surface area contributed by atoms with Crippen molar-refractivity contribution in [2.45, 2.75) is 117 Å². The Labute approximate surface area is 371 Å². The van der Waals surface area contributed by atoms with Crippen LogP contribution in [0.15, 0.2) is 24.3 Å². The van der Waals surface area contributed by atoms with E-state index in [1.54, 1.807) is 14.2 Å². The molecule has 0 bridgehead atoms. The monoisotopic (exact) mass is 894 g/mol. The maximum Gasteiger partial charge on any atom is 0.345 e. The molecule has 0 unspecified atom stereocenters. The quantitative estimate of drug-likeness (QED) is 0.0739. The molecule has 0 aromatic heterocycles. The summed E-state index contributed by atoms with van der Waals surface area (Å²) in [7, 11) is 7.40. The van der Waals surface area contributed by atoms with Crippen molar-refractivity contribution in [1.82, 2.24) is 0 Å². The standard InChI is InChI=1S/C48H70O12Si2/c1-27(59-61(17,18)47(3,4)5)21-29-23-31-33(25-35(29)51-9)41(53-11)39(45(49)57-15)43(55-13)37(31)38-32-24-30(22-28(2)60-62(19,20)48(6,7)8)36(52-10)26-34(32)42(54-12)40(44(38)56-14)46(50)58-16/h23-28H,21-22H2,1-20H3/t27-,28-/m1/s1. The summed E-state index contributed by atoms with van der Waals surface area (Å²) < 4.78 is 61.2. The summed E-state index contributed by atoms with van der Waals surface area (Å²) in [5, 5.41) is 2.28. The van der Waals surface area contributed by atoms with E-state index in [0.29, 0.717) is 57.0 Å². The van der Waals surface area contributed by atoms with E-state index in [-0.39, 0.29) is 56.4 Å². The van der Waals surface area contributed by atoms with Crippen LogP contribution in [0, 0.1) is 0 Å². The Morgan fingerprint density at radius 1 is 0.484 bits per heavy atom. The van der Waals surface area contributed by atoms with Gasteiger partial charge in [0.25, 0.3) is 0 Å². The summed E-state index contributed by atoms with van der Waals surface area (Å²) in [4.78, 5) is 28.0. The van der Waals surface area contributed by atoms with Crippen molar-refractivity contribution in [2.75, 3.05) is 56.9 Å². The Bertz CT molecular complexity index is 2140. The highest BCUT2D eigenvalue weighted by Crippen LogP contribution is 2.55. The number of hydrogen-bond acceptors (Lipinski definition) is 12. The predicted molar refractivity (Wildman–Crippen MR) is 252 cm³/mol. The highest BCUT2D eigenvalue weighted by atomic mass is 28.4. The van der Waals surface area contributed by atoms with Crippen molar-refractivity contribution in [1.29, 1.82) is 0 Å². The molecule has 0 amide bonds. The molecule has 0 N–H and O–H groups in total. The van der Waals surface area contributed by atoms with E-state index in [2.05, 4.69) is 81.6 Å². The fraction of sp³-hybridized carbons (Fsp3) is 0.542. The molecule has 4 aromatic carbocycles. The van der Waals surface area contributed by atoms with Crippen molar-refractivity contribution in [2.24, 2.45) is 0 Å². The summed E-state index contributed by atoms with van der Waals surface area (Å²) in [5.74, 6) is 0.427. The van der Waals surface area contributed by atoms with Crippen molar-refractivity contribution in [3.8, 4) is 45.6 Å². The molecule has 0 aliphatic rings. The minimum Gasteiger partial charge on any atom is -0.496 e. The average molecular weight is 895 g/mol. The largest absolute Gasteiger partial charge is 0.496 e. The third kappa shape index (κ3) is 9.53. The molecule has 14 heteroatoms. The second-order valence-electron chi connectivity index (χ2n) is 18.8. The average Bonchev–Trinajstić information content (AvgIpc) is 3.19. The molecule has 4 rings (SSSR count). The maximum atomic E-state index is 14.0. The summed E-state index contributed by atoms with van der Waals surface area (Å²) in [6.45, 7) is 26.3. The second kappa shape index (κ2) is 19.1. The number of hydrogen-bond donors (Lipinski definition) is 0. The van der Waals surface area contributed by atoms with Crippen LogP contribution in [-0.2, 0) is 31.2 Å². The van der Waals surface area contributed by atoms with Crippen LogP contribution in [0.3, 0.4) is 0 Å². The zero-order chi connectivity index (χ0) is 46.9. The molecular formula is C48H70O12Si2. The Morgan fingerprint density at radius 3 is 1.03 bits per heavy atom. The number of carbonyl (C=O) groups excluding carboxylic acids is 2. The van der Waals surface area contributed by atoms with E-state index in [4.69, 9.17) is 46.7 Å². The van der Waals surface area contributed by atoms with E-state index in [0.717, 1.165) is 11.1 Å². The van der Waals surface area contributed by atoms with Crippen molar-refractivity contribution >= 4 is 50.1 Å². The molecule has 62 heavy (non-hydrogen) atoms. The van der Waals surface area contributed by atoms with Crippen LogP contribution in [0.5, 0.6) is 34.5 Å². The number of ether oxygens (including phenoxy) is 8. The van der Waals surface area contributed by atoms with Gasteiger partial charge in [0.15, 0.2) is 16.6 Å². The molecule has 12 nitrogen and oxygen atoms in total. The summed E-state index contributed by atoms with van der Waals surface area (Å²) in [5.41, 5.74) is 2.60. The molecule has 0 aliphatic carbocycles. The van der Waals surface area contributed by atoms with Crippen molar-refractivity contribution in [3.63, 3.8) is 0 Å². The fourth-order valence-electron chi connectivity index (χ4n) is 7.67. The molecule has 0 heterocycles. The maximum absolute atomic E-state index is 14.0. The van der Waals surface area contributed by atoms with Gasteiger partial charge in [-0.15, -0.1) is 0 Å². The Kier molecular flexibility index (Phi) is 15.4. The van der Waals surface area contributed by atoms with Crippen molar-refractivity contribution < 1.29 is 56.3 Å². The molecular weight excluding hydrogens is 825 g/mol. The predicted octanol–water partition coefficient (Wildman–Crippen LogP) is 11.2. The lowest BCUT2D eigenvalue weighted by Crippen LogP contribution is -2.43. The van der Waals surface area contributed by atoms with Crippen LogP contribution >= 0.6 is 0 Å². The lowest BCUT2D eigenvalue weighted by atomic mass is 9.85. The van der Waals surface area contributed by atoms with Gasteiger partial charge < -0.3 is 46.7 Å². The number of fused-ring (bicyclic) bond motifs is 2. The highest BCUT2D eigenvalue weighted by molar-refractivity contribution is 6.74. The number of methoxy groups -OCH3 is 8. The summed E-state index contributed by atoms with van der Waals surface area (Å²) >= 11 is 0. The minimum absolute atomic E-state index is 0.00751. The zero-order valence-corrected chi connectivity index (χ0v) is 42.8. The Balaban J connectivity index is 2.32. The molecule has 0 saturated carbocycles. The molecule has 0 saturated heterocycles. The van der Waals surface area contributed by atoms with Gasteiger partial charge in [0.2, 0.25) is 0 Å². The number of benzene rings is 4. The lowest BCUT2D eigenvalue weighted by Gasteiger charge is -2.38. The van der Waals surface area contributed by atoms with E-state index in [1.807, 2.05) is 24.3 Å². The summed E-state index contributed by atoms with van der Waals surface area (Å²) in [6, 6.07) is 7.72. The van der Waals surface area contributed by atoms with Gasteiger partial charge in [0, 0.05) is 46.9 Å². The van der Waals surface area contributed by atoms with Crippen LogP contribution in [-0.4, -0.2) is 97.7 Å². The van der Waals surface area contributed by atoms with Crippen LogP contribution in [0.2, 0.25) is 36.3 Å². The normalized spacial score (nSPS) is 13.4. The highest BCUT2D eigenvalue weighted by Gasteiger charge is 2.40. The number of esters is 2. The van der Waals surface area contributed by atoms with Crippen LogP contribution in [0.4, 0.5) is 0 Å². The Hall–Kier alpha value is -4.51. The van der Waals surface area contributed by atoms with Gasteiger partial charge >= 0.3 is 11.9 Å². The van der Waals surface area contributed by atoms with Crippen molar-refractivity contribution in [3.05, 3.63) is 46.5 Å². The molecule has 0 spiro atoms. The zero-order valence-electron chi connectivity index (χ0n) is 40.8. The SMILES string of the molecule is COC(=O)c1c(OC)c(-c2c(OC)c(C(=O)OC)c(OC)c3cc(OC)c(C[C@@H](C)O[Si](C)(C)C(C)(C)C)cc23)c2cc(C[C@@H](C)O[Si](C)(C)C(C)(C)C)c(OC)cc2c1OC.